The van der Waals surface area contributed by atoms with Gasteiger partial charge in [0.1, 0.15) is 0 Å². The number of piperidine rings is 1. The summed E-state index contributed by atoms with van der Waals surface area (Å²) in [7, 11) is 0. The Morgan fingerprint density at radius 2 is 1.49 bits per heavy atom. The zero-order chi connectivity index (χ0) is 31.2. The average molecular weight is 627 g/mol. The second-order valence-corrected chi connectivity index (χ2v) is 12.4. The first-order valence-corrected chi connectivity index (χ1v) is 15.9. The topological polar surface area (TPSA) is 91.3 Å². The van der Waals surface area contributed by atoms with Crippen LogP contribution < -0.4 is 5.32 Å². The van der Waals surface area contributed by atoms with Crippen LogP contribution >= 0.6 is 11.6 Å². The molecular weight excluding hydrogens is 588 g/mol. The van der Waals surface area contributed by atoms with Crippen molar-refractivity contribution >= 4 is 17.5 Å². The van der Waals surface area contributed by atoms with Gasteiger partial charge in [-0.25, -0.2) is 0 Å². The van der Waals surface area contributed by atoms with Crippen LogP contribution in [0, 0.1) is 0 Å². The number of likely N-dealkylation sites (tertiary alicyclic amines) is 1. The Balaban J connectivity index is 1.12. The molecule has 0 unspecified atom stereocenters. The fraction of sp³-hybridized carbons (Fsp3) is 0.324. The summed E-state index contributed by atoms with van der Waals surface area (Å²) < 4.78 is 13.1. The SMILES string of the molecule is O=C(NCc1ccc([C@@H]2O[C@H](CN3CCC(O)(c4ccc(Cl)cc4)CC3)C[C@H](c3ccc(CO)cc3)O2)cc1)c1ccccc1. The van der Waals surface area contributed by atoms with Crippen LogP contribution in [0.2, 0.25) is 5.02 Å². The summed E-state index contributed by atoms with van der Waals surface area (Å²) >= 11 is 6.07. The van der Waals surface area contributed by atoms with E-state index in [9.17, 15) is 15.0 Å². The minimum Gasteiger partial charge on any atom is -0.392 e. The summed E-state index contributed by atoms with van der Waals surface area (Å²) in [6.45, 7) is 2.65. The third kappa shape index (κ3) is 7.82. The predicted molar refractivity (Wildman–Crippen MR) is 173 cm³/mol. The molecule has 1 amide bonds. The number of hydrogen-bond donors (Lipinski definition) is 3. The van der Waals surface area contributed by atoms with Crippen LogP contribution in [-0.4, -0.2) is 46.8 Å². The van der Waals surface area contributed by atoms with Crippen LogP contribution in [0.15, 0.2) is 103 Å². The second-order valence-electron chi connectivity index (χ2n) is 12.0. The lowest BCUT2D eigenvalue weighted by Crippen LogP contribution is -2.46. The van der Waals surface area contributed by atoms with Gasteiger partial charge >= 0.3 is 0 Å². The number of carbonyl (C=O) groups is 1. The molecule has 45 heavy (non-hydrogen) atoms. The highest BCUT2D eigenvalue weighted by Crippen LogP contribution is 2.39. The number of ether oxygens (including phenoxy) is 2. The van der Waals surface area contributed by atoms with Crippen molar-refractivity contribution in [3.63, 3.8) is 0 Å². The summed E-state index contributed by atoms with van der Waals surface area (Å²) in [6, 6.07) is 32.5. The minimum atomic E-state index is -0.862. The van der Waals surface area contributed by atoms with Crippen LogP contribution in [0.4, 0.5) is 0 Å². The van der Waals surface area contributed by atoms with Crippen molar-refractivity contribution in [2.75, 3.05) is 19.6 Å². The fourth-order valence-electron chi connectivity index (χ4n) is 6.14. The number of aliphatic hydroxyl groups excluding tert-OH is 1. The van der Waals surface area contributed by atoms with Gasteiger partial charge in [-0.1, -0.05) is 90.5 Å². The lowest BCUT2D eigenvalue weighted by Gasteiger charge is -2.42. The van der Waals surface area contributed by atoms with Crippen LogP contribution in [0.5, 0.6) is 0 Å². The maximum absolute atomic E-state index is 12.5. The monoisotopic (exact) mass is 626 g/mol. The molecule has 2 fully saturated rings. The van der Waals surface area contributed by atoms with Gasteiger partial charge in [-0.3, -0.25) is 4.79 Å². The Morgan fingerprint density at radius 1 is 0.844 bits per heavy atom. The number of amides is 1. The smallest absolute Gasteiger partial charge is 0.251 e. The normalized spacial score (nSPS) is 21.7. The van der Waals surface area contributed by atoms with Crippen molar-refractivity contribution in [1.82, 2.24) is 10.2 Å². The number of benzene rings is 4. The van der Waals surface area contributed by atoms with Crippen molar-refractivity contribution < 1.29 is 24.5 Å². The first-order valence-electron chi connectivity index (χ1n) is 15.5. The van der Waals surface area contributed by atoms with E-state index in [0.717, 1.165) is 47.5 Å². The molecule has 4 aromatic rings. The third-order valence-electron chi connectivity index (χ3n) is 8.88. The van der Waals surface area contributed by atoms with Crippen molar-refractivity contribution in [3.05, 3.63) is 142 Å². The standard InChI is InChI=1S/C37H39ClN2O5/c38-32-16-14-31(15-17-32)37(43)18-20-40(21-19-37)24-33-22-34(28-10-8-27(25-41)9-11-28)45-36(44-33)30-12-6-26(7-13-30)23-39-35(42)29-4-2-1-3-5-29/h1-17,33-34,36,41,43H,18-25H2,(H,39,42)/t33-,34+,36+/m0/s1. The molecule has 6 rings (SSSR count). The first kappa shape index (κ1) is 31.4. The van der Waals surface area contributed by atoms with Crippen molar-refractivity contribution in [3.8, 4) is 0 Å². The number of nitrogens with zero attached hydrogens (tertiary/aromatic N) is 1. The van der Waals surface area contributed by atoms with Gasteiger partial charge in [0, 0.05) is 48.7 Å². The zero-order valence-corrected chi connectivity index (χ0v) is 25.9. The lowest BCUT2D eigenvalue weighted by atomic mass is 9.84. The molecule has 2 saturated heterocycles. The number of rotatable bonds is 9. The number of halogens is 1. The van der Waals surface area contributed by atoms with Gasteiger partial charge in [0.05, 0.1) is 24.4 Å². The Kier molecular flexibility index (Phi) is 9.95. The molecule has 0 bridgehead atoms. The fourth-order valence-corrected chi connectivity index (χ4v) is 6.27. The van der Waals surface area contributed by atoms with Crippen LogP contribution in [-0.2, 0) is 28.2 Å². The quantitative estimate of drug-likeness (QED) is 0.202. The number of hydrogen-bond acceptors (Lipinski definition) is 6. The average Bonchev–Trinajstić information content (AvgIpc) is 3.09. The molecule has 3 N–H and O–H groups in total. The highest BCUT2D eigenvalue weighted by atomic mass is 35.5. The number of aliphatic hydroxyl groups is 2. The van der Waals surface area contributed by atoms with Crippen molar-refractivity contribution in [1.29, 1.82) is 0 Å². The van der Waals surface area contributed by atoms with E-state index in [-0.39, 0.29) is 24.7 Å². The highest BCUT2D eigenvalue weighted by molar-refractivity contribution is 6.30. The van der Waals surface area contributed by atoms with Gasteiger partial charge in [0.2, 0.25) is 0 Å². The van der Waals surface area contributed by atoms with E-state index in [4.69, 9.17) is 21.1 Å². The van der Waals surface area contributed by atoms with E-state index in [1.165, 1.54) is 0 Å². The van der Waals surface area contributed by atoms with E-state index in [0.29, 0.717) is 36.4 Å². The first-order chi connectivity index (χ1) is 21.9. The van der Waals surface area contributed by atoms with E-state index in [1.54, 1.807) is 12.1 Å². The third-order valence-corrected chi connectivity index (χ3v) is 9.13. The molecular formula is C37H39ClN2O5. The molecule has 0 saturated carbocycles. The van der Waals surface area contributed by atoms with E-state index in [1.807, 2.05) is 91.0 Å². The summed E-state index contributed by atoms with van der Waals surface area (Å²) in [5.74, 6) is -0.110. The molecule has 2 aliphatic rings. The summed E-state index contributed by atoms with van der Waals surface area (Å²) in [4.78, 5) is 14.8. The van der Waals surface area contributed by atoms with E-state index < -0.39 is 11.9 Å². The highest BCUT2D eigenvalue weighted by Gasteiger charge is 2.37. The van der Waals surface area contributed by atoms with Crippen LogP contribution in [0.1, 0.15) is 69.8 Å². The molecule has 234 valence electrons. The molecule has 0 spiro atoms. The van der Waals surface area contributed by atoms with E-state index >= 15 is 0 Å². The van der Waals surface area contributed by atoms with Gasteiger partial charge in [0.15, 0.2) is 6.29 Å². The van der Waals surface area contributed by atoms with Gasteiger partial charge in [-0.05, 0) is 59.4 Å². The van der Waals surface area contributed by atoms with Gasteiger partial charge < -0.3 is 29.9 Å². The summed E-state index contributed by atoms with van der Waals surface area (Å²) in [5.41, 5.74) is 4.46. The maximum atomic E-state index is 12.5. The second kappa shape index (κ2) is 14.3. The Labute approximate surface area is 269 Å². The molecule has 0 aliphatic carbocycles. The van der Waals surface area contributed by atoms with E-state index in [2.05, 4.69) is 10.2 Å². The van der Waals surface area contributed by atoms with Gasteiger partial charge in [0.25, 0.3) is 5.91 Å². The zero-order valence-electron chi connectivity index (χ0n) is 25.1. The molecule has 0 aromatic heterocycles. The van der Waals surface area contributed by atoms with Crippen molar-refractivity contribution in [2.24, 2.45) is 0 Å². The summed E-state index contributed by atoms with van der Waals surface area (Å²) in [5, 5.41) is 24.5. The summed E-state index contributed by atoms with van der Waals surface area (Å²) in [6.07, 6.45) is 1.14. The molecule has 2 aliphatic heterocycles. The largest absolute Gasteiger partial charge is 0.392 e. The maximum Gasteiger partial charge on any atom is 0.251 e. The number of nitrogens with one attached hydrogen (secondary N) is 1. The molecule has 0 radical (unpaired) electrons. The molecule has 4 aromatic carbocycles. The molecule has 2 heterocycles. The van der Waals surface area contributed by atoms with Gasteiger partial charge in [-0.2, -0.15) is 0 Å². The number of carbonyl (C=O) groups excluding carboxylic acids is 1. The van der Waals surface area contributed by atoms with Crippen molar-refractivity contribution in [2.45, 2.75) is 56.5 Å². The van der Waals surface area contributed by atoms with Gasteiger partial charge in [-0.15, -0.1) is 0 Å². The molecule has 8 heteroatoms. The minimum absolute atomic E-state index is 0.00432. The Morgan fingerprint density at radius 3 is 2.16 bits per heavy atom. The Bertz CT molecular complexity index is 1540. The molecule has 3 atom stereocenters. The Hall–Kier alpha value is -3.56. The van der Waals surface area contributed by atoms with Crippen LogP contribution in [0.3, 0.4) is 0 Å². The van der Waals surface area contributed by atoms with Crippen LogP contribution in [0.25, 0.3) is 0 Å². The molecule has 7 nitrogen and oxygen atoms in total. The predicted octanol–water partition coefficient (Wildman–Crippen LogP) is 6.29. The lowest BCUT2D eigenvalue weighted by molar-refractivity contribution is -0.253.